The van der Waals surface area contributed by atoms with Gasteiger partial charge in [-0.2, -0.15) is 0 Å². The molecule has 2 rings (SSSR count). The standard InChI is InChI=1S/C16H17Cl2NO2S/c1-11(2)8-16(14-6-5-12(17)9-15(14)18)22(20,21)13-4-3-7-19-10-13/h3-7,9-11,16H,8H2,1-2H3. The Bertz CT molecular complexity index is 746. The number of benzene rings is 1. The van der Waals surface area contributed by atoms with Gasteiger partial charge in [-0.05, 0) is 42.2 Å². The predicted molar refractivity (Wildman–Crippen MR) is 90.1 cm³/mol. The minimum absolute atomic E-state index is 0.197. The molecule has 1 heterocycles. The molecule has 0 N–H and O–H groups in total. The molecule has 0 bridgehead atoms. The summed E-state index contributed by atoms with van der Waals surface area (Å²) in [6.45, 7) is 3.96. The van der Waals surface area contributed by atoms with Crippen molar-refractivity contribution in [3.8, 4) is 0 Å². The number of hydrogen-bond donors (Lipinski definition) is 0. The smallest absolute Gasteiger partial charge is 0.186 e. The van der Waals surface area contributed by atoms with Gasteiger partial charge >= 0.3 is 0 Å². The molecule has 0 amide bonds. The minimum Gasteiger partial charge on any atom is -0.263 e. The van der Waals surface area contributed by atoms with Crippen LogP contribution in [-0.4, -0.2) is 13.4 Å². The van der Waals surface area contributed by atoms with E-state index in [-0.39, 0.29) is 10.8 Å². The van der Waals surface area contributed by atoms with E-state index in [2.05, 4.69) is 4.98 Å². The van der Waals surface area contributed by atoms with E-state index in [4.69, 9.17) is 23.2 Å². The molecule has 0 aliphatic rings. The van der Waals surface area contributed by atoms with Crippen molar-refractivity contribution in [2.24, 2.45) is 5.92 Å². The van der Waals surface area contributed by atoms with Gasteiger partial charge in [-0.3, -0.25) is 4.98 Å². The lowest BCUT2D eigenvalue weighted by atomic mass is 10.0. The van der Waals surface area contributed by atoms with Crippen LogP contribution >= 0.6 is 23.2 Å². The fourth-order valence-electron chi connectivity index (χ4n) is 2.29. The molecule has 3 nitrogen and oxygen atoms in total. The van der Waals surface area contributed by atoms with Gasteiger partial charge in [0, 0.05) is 22.4 Å². The van der Waals surface area contributed by atoms with Gasteiger partial charge in [0.05, 0.1) is 10.1 Å². The lowest BCUT2D eigenvalue weighted by molar-refractivity contribution is 0.531. The second-order valence-electron chi connectivity index (χ2n) is 5.52. The summed E-state index contributed by atoms with van der Waals surface area (Å²) in [6.07, 6.45) is 3.39. The lowest BCUT2D eigenvalue weighted by Gasteiger charge is -2.21. The Morgan fingerprint density at radius 3 is 2.45 bits per heavy atom. The normalized spacial score (nSPS) is 13.3. The highest BCUT2D eigenvalue weighted by atomic mass is 35.5. The van der Waals surface area contributed by atoms with Crippen molar-refractivity contribution < 1.29 is 8.42 Å². The first-order chi connectivity index (χ1) is 10.3. The van der Waals surface area contributed by atoms with Gasteiger partial charge < -0.3 is 0 Å². The number of rotatable bonds is 5. The molecule has 0 saturated carbocycles. The van der Waals surface area contributed by atoms with Crippen molar-refractivity contribution in [3.05, 3.63) is 58.3 Å². The van der Waals surface area contributed by atoms with Crippen LogP contribution in [0.4, 0.5) is 0 Å². The van der Waals surface area contributed by atoms with Gasteiger partial charge in [0.1, 0.15) is 0 Å². The first-order valence-electron chi connectivity index (χ1n) is 6.91. The quantitative estimate of drug-likeness (QED) is 0.760. The molecule has 0 spiro atoms. The maximum atomic E-state index is 13.0. The number of nitrogens with zero attached hydrogens (tertiary/aromatic N) is 1. The van der Waals surface area contributed by atoms with Crippen molar-refractivity contribution in [1.82, 2.24) is 4.98 Å². The molecule has 118 valence electrons. The topological polar surface area (TPSA) is 47.0 Å². The summed E-state index contributed by atoms with van der Waals surface area (Å²) in [5, 5.41) is 0.128. The number of pyridine rings is 1. The fraction of sp³-hybridized carbons (Fsp3) is 0.312. The van der Waals surface area contributed by atoms with Gasteiger partial charge in [0.2, 0.25) is 0 Å². The molecule has 1 aromatic carbocycles. The van der Waals surface area contributed by atoms with E-state index in [0.717, 1.165) is 0 Å². The Hall–Kier alpha value is -1.10. The third-order valence-corrected chi connectivity index (χ3v) is 5.99. The molecule has 2 aromatic rings. The summed E-state index contributed by atoms with van der Waals surface area (Å²) < 4.78 is 25.9. The van der Waals surface area contributed by atoms with Gasteiger partial charge in [0.15, 0.2) is 9.84 Å². The third-order valence-electron chi connectivity index (χ3n) is 3.33. The molecular weight excluding hydrogens is 341 g/mol. The monoisotopic (exact) mass is 357 g/mol. The zero-order chi connectivity index (χ0) is 16.3. The molecule has 1 aromatic heterocycles. The van der Waals surface area contributed by atoms with E-state index in [1.165, 1.54) is 6.20 Å². The Morgan fingerprint density at radius 1 is 1.18 bits per heavy atom. The first-order valence-corrected chi connectivity index (χ1v) is 9.21. The van der Waals surface area contributed by atoms with Crippen molar-refractivity contribution in [2.45, 2.75) is 30.4 Å². The molecule has 1 atom stereocenters. The van der Waals surface area contributed by atoms with E-state index >= 15 is 0 Å². The molecule has 0 aliphatic heterocycles. The maximum Gasteiger partial charge on any atom is 0.186 e. The molecule has 1 unspecified atom stereocenters. The van der Waals surface area contributed by atoms with Crippen molar-refractivity contribution in [2.75, 3.05) is 0 Å². The average Bonchev–Trinajstić information content (AvgIpc) is 2.46. The minimum atomic E-state index is -3.57. The predicted octanol–water partition coefficient (Wildman–Crippen LogP) is 4.95. The van der Waals surface area contributed by atoms with Gasteiger partial charge in [-0.25, -0.2) is 8.42 Å². The molecule has 6 heteroatoms. The fourth-order valence-corrected chi connectivity index (χ4v) is 4.88. The SMILES string of the molecule is CC(C)CC(c1ccc(Cl)cc1Cl)S(=O)(=O)c1cccnc1. The summed E-state index contributed by atoms with van der Waals surface area (Å²) >= 11 is 12.2. The molecule has 0 radical (unpaired) electrons. The van der Waals surface area contributed by atoms with Crippen LogP contribution in [0.5, 0.6) is 0 Å². The highest BCUT2D eigenvalue weighted by molar-refractivity contribution is 7.91. The molecule has 0 aliphatic carbocycles. The largest absolute Gasteiger partial charge is 0.263 e. The third kappa shape index (κ3) is 3.80. The summed E-state index contributed by atoms with van der Waals surface area (Å²) in [4.78, 5) is 4.11. The van der Waals surface area contributed by atoms with E-state index < -0.39 is 15.1 Å². The summed E-state index contributed by atoms with van der Waals surface area (Å²) in [5.74, 6) is 0.197. The van der Waals surface area contributed by atoms with Crippen LogP contribution in [0.25, 0.3) is 0 Å². The van der Waals surface area contributed by atoms with Crippen LogP contribution in [0.15, 0.2) is 47.6 Å². The molecule has 0 fully saturated rings. The molecule has 0 saturated heterocycles. The van der Waals surface area contributed by atoms with Crippen LogP contribution in [-0.2, 0) is 9.84 Å². The molecule has 22 heavy (non-hydrogen) atoms. The van der Waals surface area contributed by atoms with Crippen LogP contribution in [0.2, 0.25) is 10.0 Å². The van der Waals surface area contributed by atoms with Gasteiger partial charge in [0.25, 0.3) is 0 Å². The van der Waals surface area contributed by atoms with Crippen LogP contribution in [0.1, 0.15) is 31.1 Å². The Kier molecular flexibility index (Phi) is 5.48. The second kappa shape index (κ2) is 6.99. The van der Waals surface area contributed by atoms with E-state index in [1.54, 1.807) is 36.5 Å². The van der Waals surface area contributed by atoms with Crippen LogP contribution in [0.3, 0.4) is 0 Å². The summed E-state index contributed by atoms with van der Waals surface area (Å²) in [5.41, 5.74) is 0.573. The van der Waals surface area contributed by atoms with Gasteiger partial charge in [-0.1, -0.05) is 43.1 Å². The van der Waals surface area contributed by atoms with E-state index in [1.807, 2.05) is 13.8 Å². The Balaban J connectivity index is 2.55. The van der Waals surface area contributed by atoms with Crippen molar-refractivity contribution >= 4 is 33.0 Å². The number of aromatic nitrogens is 1. The first kappa shape index (κ1) is 17.3. The highest BCUT2D eigenvalue weighted by Gasteiger charge is 2.31. The lowest BCUT2D eigenvalue weighted by Crippen LogP contribution is -2.16. The second-order valence-corrected chi connectivity index (χ2v) is 8.49. The van der Waals surface area contributed by atoms with Crippen LogP contribution in [0, 0.1) is 5.92 Å². The van der Waals surface area contributed by atoms with Crippen molar-refractivity contribution in [1.29, 1.82) is 0 Å². The zero-order valence-electron chi connectivity index (χ0n) is 12.3. The van der Waals surface area contributed by atoms with E-state index in [0.29, 0.717) is 22.0 Å². The Labute approximate surface area is 141 Å². The number of halogens is 2. The highest BCUT2D eigenvalue weighted by Crippen LogP contribution is 2.38. The van der Waals surface area contributed by atoms with Crippen LogP contribution < -0.4 is 0 Å². The number of hydrogen-bond acceptors (Lipinski definition) is 3. The average molecular weight is 358 g/mol. The molecular formula is C16H17Cl2NO2S. The summed E-state index contributed by atoms with van der Waals surface area (Å²) in [7, 11) is -3.57. The van der Waals surface area contributed by atoms with E-state index in [9.17, 15) is 8.42 Å². The Morgan fingerprint density at radius 2 is 1.91 bits per heavy atom. The summed E-state index contributed by atoms with van der Waals surface area (Å²) in [6, 6.07) is 8.09. The zero-order valence-corrected chi connectivity index (χ0v) is 14.7. The maximum absolute atomic E-state index is 13.0. The van der Waals surface area contributed by atoms with Gasteiger partial charge in [-0.15, -0.1) is 0 Å². The number of sulfone groups is 1. The van der Waals surface area contributed by atoms with Crippen molar-refractivity contribution in [3.63, 3.8) is 0 Å².